The number of hydrogen-bond acceptors (Lipinski definition) is 1. The van der Waals surface area contributed by atoms with Crippen molar-refractivity contribution >= 4 is 0 Å². The topological polar surface area (TPSA) is 20.2 Å². The lowest BCUT2D eigenvalue weighted by molar-refractivity contribution is -0.128. The van der Waals surface area contributed by atoms with Crippen molar-refractivity contribution in [3.05, 3.63) is 35.9 Å². The Morgan fingerprint density at radius 3 is 2.36 bits per heavy atom. The van der Waals surface area contributed by atoms with Gasteiger partial charge in [-0.1, -0.05) is 37.3 Å². The van der Waals surface area contributed by atoms with Crippen LogP contribution in [0.3, 0.4) is 0 Å². The molecule has 0 aliphatic heterocycles. The van der Waals surface area contributed by atoms with Crippen molar-refractivity contribution in [2.45, 2.75) is 25.4 Å². The molecule has 1 fully saturated rings. The Labute approximate surface area is 83.6 Å². The number of hydrogen-bond donors (Lipinski definition) is 1. The summed E-state index contributed by atoms with van der Waals surface area (Å²) < 4.78 is 14.5. The second kappa shape index (κ2) is 3.06. The van der Waals surface area contributed by atoms with E-state index in [0.29, 0.717) is 12.0 Å². The summed E-state index contributed by atoms with van der Waals surface area (Å²) >= 11 is 0. The summed E-state index contributed by atoms with van der Waals surface area (Å²) in [5, 5.41) is 9.20. The highest BCUT2D eigenvalue weighted by molar-refractivity contribution is 5.28. The average Bonchev–Trinajstić information content (AvgIpc) is 2.26. The summed E-state index contributed by atoms with van der Waals surface area (Å²) in [7, 11) is 0. The zero-order valence-electron chi connectivity index (χ0n) is 8.33. The number of alkyl halides is 1. The Morgan fingerprint density at radius 2 is 1.93 bits per heavy atom. The number of aliphatic hydroxyl groups excluding tert-OH is 1. The van der Waals surface area contributed by atoms with Crippen LogP contribution in [-0.2, 0) is 5.67 Å². The fourth-order valence-electron chi connectivity index (χ4n) is 2.17. The fourth-order valence-corrected chi connectivity index (χ4v) is 2.17. The molecular weight excluding hydrogens is 179 g/mol. The first-order chi connectivity index (χ1) is 6.62. The van der Waals surface area contributed by atoms with E-state index in [1.807, 2.05) is 25.1 Å². The summed E-state index contributed by atoms with van der Waals surface area (Å²) in [5.74, 6) is 0. The molecule has 0 bridgehead atoms. The lowest BCUT2D eigenvalue weighted by atomic mass is 9.57. The van der Waals surface area contributed by atoms with Crippen molar-refractivity contribution in [2.75, 3.05) is 6.61 Å². The van der Waals surface area contributed by atoms with Crippen LogP contribution in [0.25, 0.3) is 0 Å². The molecule has 0 radical (unpaired) electrons. The lowest BCUT2D eigenvalue weighted by Crippen LogP contribution is -2.51. The third kappa shape index (κ3) is 1.10. The maximum absolute atomic E-state index is 14.5. The standard InChI is InChI=1S/C12H15FO/c1-11(9-14)7-8-12(11,13)10-5-3-2-4-6-10/h2-6,14H,7-9H2,1H3/t11-,12-/m0/s1. The molecule has 1 aromatic carbocycles. The minimum Gasteiger partial charge on any atom is -0.396 e. The second-order valence-corrected chi connectivity index (χ2v) is 4.39. The zero-order chi connectivity index (χ0) is 10.2. The van der Waals surface area contributed by atoms with Crippen molar-refractivity contribution < 1.29 is 9.50 Å². The van der Waals surface area contributed by atoms with Crippen LogP contribution in [0.5, 0.6) is 0 Å². The molecule has 0 amide bonds. The van der Waals surface area contributed by atoms with Gasteiger partial charge in [0.25, 0.3) is 0 Å². The van der Waals surface area contributed by atoms with Crippen molar-refractivity contribution in [1.82, 2.24) is 0 Å². The van der Waals surface area contributed by atoms with Gasteiger partial charge in [0.1, 0.15) is 5.67 Å². The fraction of sp³-hybridized carbons (Fsp3) is 0.500. The van der Waals surface area contributed by atoms with Gasteiger partial charge >= 0.3 is 0 Å². The highest BCUT2D eigenvalue weighted by Crippen LogP contribution is 2.58. The van der Waals surface area contributed by atoms with Gasteiger partial charge in [-0.2, -0.15) is 0 Å². The van der Waals surface area contributed by atoms with Crippen LogP contribution in [0, 0.1) is 5.41 Å². The largest absolute Gasteiger partial charge is 0.396 e. The highest BCUT2D eigenvalue weighted by Gasteiger charge is 2.57. The monoisotopic (exact) mass is 194 g/mol. The third-order valence-corrected chi connectivity index (χ3v) is 3.56. The van der Waals surface area contributed by atoms with Gasteiger partial charge in [-0.3, -0.25) is 0 Å². The molecule has 1 aromatic rings. The molecule has 1 saturated carbocycles. The van der Waals surface area contributed by atoms with Crippen LogP contribution < -0.4 is 0 Å². The first-order valence-electron chi connectivity index (χ1n) is 4.98. The molecule has 1 aliphatic rings. The summed E-state index contributed by atoms with van der Waals surface area (Å²) in [5.41, 5.74) is -1.22. The van der Waals surface area contributed by atoms with E-state index in [4.69, 9.17) is 0 Å². The number of aliphatic hydroxyl groups is 1. The van der Waals surface area contributed by atoms with Crippen LogP contribution in [0.4, 0.5) is 4.39 Å². The van der Waals surface area contributed by atoms with Crippen LogP contribution >= 0.6 is 0 Å². The van der Waals surface area contributed by atoms with Crippen molar-refractivity contribution in [2.24, 2.45) is 5.41 Å². The first-order valence-corrected chi connectivity index (χ1v) is 4.98. The molecule has 2 atom stereocenters. The van der Waals surface area contributed by atoms with Gasteiger partial charge < -0.3 is 5.11 Å². The third-order valence-electron chi connectivity index (χ3n) is 3.56. The lowest BCUT2D eigenvalue weighted by Gasteiger charge is -2.51. The number of rotatable bonds is 2. The number of benzene rings is 1. The normalized spacial score (nSPS) is 36.5. The zero-order valence-corrected chi connectivity index (χ0v) is 8.33. The van der Waals surface area contributed by atoms with Crippen molar-refractivity contribution in [3.8, 4) is 0 Å². The number of halogens is 1. The van der Waals surface area contributed by atoms with Gasteiger partial charge in [0.2, 0.25) is 0 Å². The molecule has 0 heterocycles. The van der Waals surface area contributed by atoms with E-state index < -0.39 is 11.1 Å². The van der Waals surface area contributed by atoms with Crippen LogP contribution in [0.1, 0.15) is 25.3 Å². The van der Waals surface area contributed by atoms with Gasteiger partial charge in [0.15, 0.2) is 0 Å². The molecule has 76 valence electrons. The summed E-state index contributed by atoms with van der Waals surface area (Å²) in [6.07, 6.45) is 1.28. The molecule has 0 spiro atoms. The van der Waals surface area contributed by atoms with Crippen LogP contribution in [0.2, 0.25) is 0 Å². The molecule has 2 rings (SSSR count). The molecule has 14 heavy (non-hydrogen) atoms. The minimum absolute atomic E-state index is 0.0849. The predicted octanol–water partition coefficient (Wildman–Crippen LogP) is 2.64. The average molecular weight is 194 g/mol. The first kappa shape index (κ1) is 9.66. The van der Waals surface area contributed by atoms with Crippen LogP contribution in [0.15, 0.2) is 30.3 Å². The molecule has 1 N–H and O–H groups in total. The molecule has 1 aliphatic carbocycles. The Morgan fingerprint density at radius 1 is 1.29 bits per heavy atom. The predicted molar refractivity (Wildman–Crippen MR) is 53.7 cm³/mol. The van der Waals surface area contributed by atoms with E-state index >= 15 is 0 Å². The minimum atomic E-state index is -1.33. The van der Waals surface area contributed by atoms with Gasteiger partial charge in [0.05, 0.1) is 6.61 Å². The second-order valence-electron chi connectivity index (χ2n) is 4.39. The Hall–Kier alpha value is -0.890. The summed E-state index contributed by atoms with van der Waals surface area (Å²) in [6.45, 7) is 1.72. The maximum Gasteiger partial charge on any atom is 0.143 e. The van der Waals surface area contributed by atoms with Crippen molar-refractivity contribution in [3.63, 3.8) is 0 Å². The van der Waals surface area contributed by atoms with Gasteiger partial charge in [-0.15, -0.1) is 0 Å². The smallest absolute Gasteiger partial charge is 0.143 e. The molecule has 1 nitrogen and oxygen atoms in total. The van der Waals surface area contributed by atoms with E-state index in [1.54, 1.807) is 12.1 Å². The Bertz CT molecular complexity index is 320. The summed E-state index contributed by atoms with van der Waals surface area (Å²) in [6, 6.07) is 9.15. The quantitative estimate of drug-likeness (QED) is 0.767. The maximum atomic E-state index is 14.5. The Kier molecular flexibility index (Phi) is 2.11. The van der Waals surface area contributed by atoms with E-state index in [0.717, 1.165) is 6.42 Å². The van der Waals surface area contributed by atoms with E-state index in [-0.39, 0.29) is 6.61 Å². The SMILES string of the molecule is C[C@@]1(CO)CC[C@]1(F)c1ccccc1. The Balaban J connectivity index is 2.35. The summed E-state index contributed by atoms with van der Waals surface area (Å²) in [4.78, 5) is 0. The highest BCUT2D eigenvalue weighted by atomic mass is 19.1. The van der Waals surface area contributed by atoms with E-state index in [2.05, 4.69) is 0 Å². The van der Waals surface area contributed by atoms with Crippen LogP contribution in [-0.4, -0.2) is 11.7 Å². The van der Waals surface area contributed by atoms with E-state index in [1.165, 1.54) is 0 Å². The van der Waals surface area contributed by atoms with E-state index in [9.17, 15) is 9.50 Å². The molecule has 0 saturated heterocycles. The molecule has 0 aromatic heterocycles. The van der Waals surface area contributed by atoms with Gasteiger partial charge in [-0.25, -0.2) is 4.39 Å². The van der Waals surface area contributed by atoms with Gasteiger partial charge in [-0.05, 0) is 18.4 Å². The van der Waals surface area contributed by atoms with Crippen molar-refractivity contribution in [1.29, 1.82) is 0 Å². The molecule has 0 unspecified atom stereocenters. The molecule has 2 heteroatoms. The van der Waals surface area contributed by atoms with Gasteiger partial charge in [0, 0.05) is 5.41 Å². The molecular formula is C12H15FO.